The Kier molecular flexibility index (Phi) is 8.53. The lowest BCUT2D eigenvalue weighted by molar-refractivity contribution is 0.274. The third-order valence-electron chi connectivity index (χ3n) is 2.88. The van der Waals surface area contributed by atoms with Gasteiger partial charge < -0.3 is 4.90 Å². The lowest BCUT2D eigenvalue weighted by atomic mass is 10.0. The molecule has 0 aliphatic heterocycles. The van der Waals surface area contributed by atoms with Gasteiger partial charge in [-0.15, -0.1) is 0 Å². The maximum Gasteiger partial charge on any atom is -0.00164 e. The van der Waals surface area contributed by atoms with Gasteiger partial charge in [0.25, 0.3) is 0 Å². The van der Waals surface area contributed by atoms with E-state index < -0.39 is 0 Å². The Balaban J connectivity index is 3.38. The molecular formula is C12H27N. The largest absolute Gasteiger partial charge is 0.304 e. The molecule has 1 heteroatoms. The average molecular weight is 185 g/mol. The van der Waals surface area contributed by atoms with Crippen LogP contribution in [0.1, 0.15) is 53.4 Å². The highest BCUT2D eigenvalue weighted by Crippen LogP contribution is 2.12. The van der Waals surface area contributed by atoms with E-state index in [-0.39, 0.29) is 0 Å². The van der Waals surface area contributed by atoms with Gasteiger partial charge in [0.1, 0.15) is 0 Å². The third kappa shape index (κ3) is 7.06. The first-order chi connectivity index (χ1) is 6.24. The van der Waals surface area contributed by atoms with Gasteiger partial charge in [-0.3, -0.25) is 0 Å². The van der Waals surface area contributed by atoms with E-state index >= 15 is 0 Å². The highest BCUT2D eigenvalue weighted by atomic mass is 15.1. The molecule has 0 saturated carbocycles. The summed E-state index contributed by atoms with van der Waals surface area (Å²) in [5.41, 5.74) is 0. The molecule has 0 amide bonds. The Bertz CT molecular complexity index is 97.3. The van der Waals surface area contributed by atoms with E-state index in [1.807, 2.05) is 0 Å². The molecule has 13 heavy (non-hydrogen) atoms. The minimum absolute atomic E-state index is 0.917. The Morgan fingerprint density at radius 2 is 1.62 bits per heavy atom. The molecule has 0 aromatic heterocycles. The van der Waals surface area contributed by atoms with Gasteiger partial charge in [0.2, 0.25) is 0 Å². The molecule has 0 heterocycles. The Morgan fingerprint density at radius 1 is 1.00 bits per heavy atom. The molecule has 1 atom stereocenters. The van der Waals surface area contributed by atoms with Crippen molar-refractivity contribution in [2.75, 3.05) is 19.6 Å². The second-order valence-corrected chi connectivity index (χ2v) is 4.06. The Labute approximate surface area is 84.5 Å². The number of unbranched alkanes of at least 4 members (excludes halogenated alkanes) is 1. The van der Waals surface area contributed by atoms with Crippen molar-refractivity contribution in [1.82, 2.24) is 4.90 Å². The van der Waals surface area contributed by atoms with Gasteiger partial charge in [0.15, 0.2) is 0 Å². The summed E-state index contributed by atoms with van der Waals surface area (Å²) in [7, 11) is 0. The highest BCUT2D eigenvalue weighted by Gasteiger charge is 2.04. The second-order valence-electron chi connectivity index (χ2n) is 4.06. The van der Waals surface area contributed by atoms with Crippen LogP contribution in [0.25, 0.3) is 0 Å². The SMILES string of the molecule is CCCCC(C)CCN(CC)CC. The van der Waals surface area contributed by atoms with Crippen LogP contribution in [0.4, 0.5) is 0 Å². The molecule has 80 valence electrons. The molecule has 0 spiro atoms. The van der Waals surface area contributed by atoms with Crippen molar-refractivity contribution in [1.29, 1.82) is 0 Å². The molecular weight excluding hydrogens is 158 g/mol. The average Bonchev–Trinajstić information content (AvgIpc) is 2.16. The minimum atomic E-state index is 0.917. The quantitative estimate of drug-likeness (QED) is 0.559. The third-order valence-corrected chi connectivity index (χ3v) is 2.88. The molecule has 0 aromatic carbocycles. The maximum atomic E-state index is 2.52. The van der Waals surface area contributed by atoms with Gasteiger partial charge in [-0.25, -0.2) is 0 Å². The van der Waals surface area contributed by atoms with E-state index in [0.29, 0.717) is 0 Å². The van der Waals surface area contributed by atoms with Crippen molar-refractivity contribution in [3.8, 4) is 0 Å². The topological polar surface area (TPSA) is 3.24 Å². The Morgan fingerprint density at radius 3 is 2.08 bits per heavy atom. The molecule has 0 N–H and O–H groups in total. The zero-order chi connectivity index (χ0) is 10.1. The first kappa shape index (κ1) is 13.0. The fourth-order valence-corrected chi connectivity index (χ4v) is 1.64. The molecule has 0 saturated heterocycles. The van der Waals surface area contributed by atoms with Crippen LogP contribution in [0.2, 0.25) is 0 Å². The van der Waals surface area contributed by atoms with Crippen molar-refractivity contribution in [3.05, 3.63) is 0 Å². The van der Waals surface area contributed by atoms with Crippen LogP contribution in [-0.4, -0.2) is 24.5 Å². The smallest absolute Gasteiger partial charge is 0.00164 e. The zero-order valence-corrected chi connectivity index (χ0v) is 9.97. The summed E-state index contributed by atoms with van der Waals surface area (Å²) in [4.78, 5) is 2.52. The van der Waals surface area contributed by atoms with Crippen LogP contribution in [0.3, 0.4) is 0 Å². The summed E-state index contributed by atoms with van der Waals surface area (Å²) in [6, 6.07) is 0. The second kappa shape index (κ2) is 8.55. The number of hydrogen-bond acceptors (Lipinski definition) is 1. The first-order valence-corrected chi connectivity index (χ1v) is 5.96. The molecule has 0 radical (unpaired) electrons. The van der Waals surface area contributed by atoms with E-state index in [0.717, 1.165) is 5.92 Å². The maximum absolute atomic E-state index is 2.52. The van der Waals surface area contributed by atoms with Crippen molar-refractivity contribution < 1.29 is 0 Å². The van der Waals surface area contributed by atoms with Crippen LogP contribution in [0.15, 0.2) is 0 Å². The van der Waals surface area contributed by atoms with Crippen LogP contribution in [0.5, 0.6) is 0 Å². The van der Waals surface area contributed by atoms with E-state index in [1.54, 1.807) is 0 Å². The fourth-order valence-electron chi connectivity index (χ4n) is 1.64. The standard InChI is InChI=1S/C12H27N/c1-5-8-9-12(4)10-11-13(6-2)7-3/h12H,5-11H2,1-4H3. The van der Waals surface area contributed by atoms with Crippen molar-refractivity contribution in [3.63, 3.8) is 0 Å². The predicted molar refractivity (Wildman–Crippen MR) is 61.1 cm³/mol. The summed E-state index contributed by atoms with van der Waals surface area (Å²) in [6.07, 6.45) is 5.54. The van der Waals surface area contributed by atoms with Crippen LogP contribution < -0.4 is 0 Å². The summed E-state index contributed by atoms with van der Waals surface area (Å²) in [6.45, 7) is 12.9. The predicted octanol–water partition coefficient (Wildman–Crippen LogP) is 3.54. The van der Waals surface area contributed by atoms with Gasteiger partial charge in [-0.1, -0.05) is 47.0 Å². The summed E-state index contributed by atoms with van der Waals surface area (Å²) >= 11 is 0. The first-order valence-electron chi connectivity index (χ1n) is 5.96. The molecule has 1 unspecified atom stereocenters. The van der Waals surface area contributed by atoms with Crippen LogP contribution in [0, 0.1) is 5.92 Å². The molecule has 0 bridgehead atoms. The van der Waals surface area contributed by atoms with Crippen molar-refractivity contribution in [2.24, 2.45) is 5.92 Å². The van der Waals surface area contributed by atoms with Crippen molar-refractivity contribution in [2.45, 2.75) is 53.4 Å². The highest BCUT2D eigenvalue weighted by molar-refractivity contribution is 4.58. The lowest BCUT2D eigenvalue weighted by Crippen LogP contribution is -2.25. The van der Waals surface area contributed by atoms with Gasteiger partial charge >= 0.3 is 0 Å². The van der Waals surface area contributed by atoms with E-state index in [2.05, 4.69) is 32.6 Å². The van der Waals surface area contributed by atoms with E-state index in [4.69, 9.17) is 0 Å². The van der Waals surface area contributed by atoms with Gasteiger partial charge in [0, 0.05) is 0 Å². The van der Waals surface area contributed by atoms with Gasteiger partial charge in [0.05, 0.1) is 0 Å². The zero-order valence-electron chi connectivity index (χ0n) is 9.97. The van der Waals surface area contributed by atoms with E-state index in [1.165, 1.54) is 45.3 Å². The normalized spacial score (nSPS) is 13.6. The monoisotopic (exact) mass is 185 g/mol. The van der Waals surface area contributed by atoms with Crippen LogP contribution in [-0.2, 0) is 0 Å². The number of rotatable bonds is 8. The van der Waals surface area contributed by atoms with Gasteiger partial charge in [-0.2, -0.15) is 0 Å². The van der Waals surface area contributed by atoms with E-state index in [9.17, 15) is 0 Å². The molecule has 0 fully saturated rings. The molecule has 0 aromatic rings. The molecule has 0 aliphatic rings. The minimum Gasteiger partial charge on any atom is -0.304 e. The lowest BCUT2D eigenvalue weighted by Gasteiger charge is -2.20. The van der Waals surface area contributed by atoms with Crippen molar-refractivity contribution >= 4 is 0 Å². The molecule has 0 aliphatic carbocycles. The summed E-state index contributed by atoms with van der Waals surface area (Å²) < 4.78 is 0. The summed E-state index contributed by atoms with van der Waals surface area (Å²) in [5.74, 6) is 0.917. The van der Waals surface area contributed by atoms with Crippen LogP contribution >= 0.6 is 0 Å². The fraction of sp³-hybridized carbons (Fsp3) is 1.00. The number of nitrogens with zero attached hydrogens (tertiary/aromatic N) is 1. The molecule has 1 nitrogen and oxygen atoms in total. The molecule has 0 rings (SSSR count). The summed E-state index contributed by atoms with van der Waals surface area (Å²) in [5, 5.41) is 0. The van der Waals surface area contributed by atoms with Gasteiger partial charge in [-0.05, 0) is 32.0 Å². The number of hydrogen-bond donors (Lipinski definition) is 0. The Hall–Kier alpha value is -0.0400.